The molecule has 0 saturated heterocycles. The largest absolute Gasteiger partial charge is 0.483 e. The zero-order valence-corrected chi connectivity index (χ0v) is 13.4. The summed E-state index contributed by atoms with van der Waals surface area (Å²) < 4.78 is 6.23. The van der Waals surface area contributed by atoms with Crippen LogP contribution >= 0.6 is 11.3 Å². The van der Waals surface area contributed by atoms with Crippen LogP contribution in [0.5, 0.6) is 5.75 Å². The van der Waals surface area contributed by atoms with Crippen LogP contribution in [0.15, 0.2) is 35.7 Å². The van der Waals surface area contributed by atoms with Gasteiger partial charge in [-0.15, -0.1) is 11.3 Å². The van der Waals surface area contributed by atoms with Gasteiger partial charge >= 0.3 is 0 Å². The van der Waals surface area contributed by atoms with E-state index in [2.05, 4.69) is 50.4 Å². The van der Waals surface area contributed by atoms with E-state index >= 15 is 0 Å². The third-order valence-electron chi connectivity index (χ3n) is 3.43. The van der Waals surface area contributed by atoms with Gasteiger partial charge in [-0.3, -0.25) is 0 Å². The van der Waals surface area contributed by atoms with Gasteiger partial charge in [0, 0.05) is 10.9 Å². The van der Waals surface area contributed by atoms with Gasteiger partial charge in [0.25, 0.3) is 0 Å². The van der Waals surface area contributed by atoms with Crippen molar-refractivity contribution < 1.29 is 4.74 Å². The minimum absolute atomic E-state index is 0.0456. The van der Waals surface area contributed by atoms with Crippen molar-refractivity contribution in [2.45, 2.75) is 45.8 Å². The normalized spacial score (nSPS) is 14.3. The Labute approximate surface area is 125 Å². The van der Waals surface area contributed by atoms with Gasteiger partial charge in [0.1, 0.15) is 11.9 Å². The predicted molar refractivity (Wildman–Crippen MR) is 86.6 cm³/mol. The maximum Gasteiger partial charge on any atom is 0.148 e. The third kappa shape index (κ3) is 3.41. The number of rotatable bonds is 5. The summed E-state index contributed by atoms with van der Waals surface area (Å²) in [4.78, 5) is 1.18. The number of aryl methyl sites for hydroxylation is 1. The smallest absolute Gasteiger partial charge is 0.148 e. The topological polar surface area (TPSA) is 35.2 Å². The number of nitrogens with two attached hydrogens (primary N) is 1. The molecule has 20 heavy (non-hydrogen) atoms. The molecule has 0 aliphatic carbocycles. The summed E-state index contributed by atoms with van der Waals surface area (Å²) in [7, 11) is 0. The Morgan fingerprint density at radius 2 is 1.90 bits per heavy atom. The fourth-order valence-electron chi connectivity index (χ4n) is 2.12. The van der Waals surface area contributed by atoms with Crippen molar-refractivity contribution in [3.8, 4) is 5.75 Å². The van der Waals surface area contributed by atoms with Gasteiger partial charge in [-0.1, -0.05) is 32.0 Å². The van der Waals surface area contributed by atoms with Gasteiger partial charge in [-0.2, -0.15) is 0 Å². The van der Waals surface area contributed by atoms with E-state index in [0.29, 0.717) is 5.92 Å². The zero-order chi connectivity index (χ0) is 14.7. The minimum atomic E-state index is -0.0869. The van der Waals surface area contributed by atoms with Crippen molar-refractivity contribution in [2.24, 2.45) is 5.73 Å². The maximum atomic E-state index is 6.23. The van der Waals surface area contributed by atoms with Crippen LogP contribution in [0.25, 0.3) is 0 Å². The molecular formula is C17H23NOS. The average Bonchev–Trinajstić information content (AvgIpc) is 2.90. The summed E-state index contributed by atoms with van der Waals surface area (Å²) in [6.45, 7) is 8.45. The van der Waals surface area contributed by atoms with Crippen LogP contribution in [0, 0.1) is 6.92 Å². The van der Waals surface area contributed by atoms with E-state index in [1.807, 2.05) is 13.0 Å². The van der Waals surface area contributed by atoms with Crippen LogP contribution in [-0.2, 0) is 0 Å². The van der Waals surface area contributed by atoms with E-state index in [1.165, 1.54) is 10.4 Å². The van der Waals surface area contributed by atoms with Gasteiger partial charge in [0.15, 0.2) is 0 Å². The molecule has 1 heterocycles. The number of hydrogen-bond acceptors (Lipinski definition) is 3. The lowest BCUT2D eigenvalue weighted by atomic mass is 10.0. The van der Waals surface area contributed by atoms with Crippen molar-refractivity contribution in [3.05, 3.63) is 51.7 Å². The quantitative estimate of drug-likeness (QED) is 0.869. The van der Waals surface area contributed by atoms with E-state index < -0.39 is 0 Å². The molecule has 0 aliphatic heterocycles. The maximum absolute atomic E-state index is 6.23. The first-order valence-electron chi connectivity index (χ1n) is 7.05. The van der Waals surface area contributed by atoms with Crippen molar-refractivity contribution in [3.63, 3.8) is 0 Å². The van der Waals surface area contributed by atoms with Crippen LogP contribution in [0.1, 0.15) is 48.8 Å². The van der Waals surface area contributed by atoms with Crippen molar-refractivity contribution >= 4 is 11.3 Å². The second kappa shape index (κ2) is 6.42. The standard InChI is InChI=1S/C17H23NOS/c1-11(2)14-8-7-12(3)15(10-14)19-17(13(4)18)16-6-5-9-20-16/h5-11,13,17H,18H2,1-4H3. The average molecular weight is 289 g/mol. The van der Waals surface area contributed by atoms with Gasteiger partial charge in [-0.25, -0.2) is 0 Å². The van der Waals surface area contributed by atoms with Crippen molar-refractivity contribution in [1.29, 1.82) is 0 Å². The number of thiophene rings is 1. The molecule has 0 aliphatic rings. The van der Waals surface area contributed by atoms with Crippen LogP contribution in [0.3, 0.4) is 0 Å². The third-order valence-corrected chi connectivity index (χ3v) is 4.37. The molecule has 2 rings (SSSR count). The van der Waals surface area contributed by atoms with Gasteiger partial charge < -0.3 is 10.5 Å². The summed E-state index contributed by atoms with van der Waals surface area (Å²) in [5, 5.41) is 2.06. The molecule has 0 radical (unpaired) electrons. The Morgan fingerprint density at radius 3 is 2.45 bits per heavy atom. The highest BCUT2D eigenvalue weighted by Gasteiger charge is 2.20. The van der Waals surface area contributed by atoms with Gasteiger partial charge in [0.05, 0.1) is 0 Å². The summed E-state index contributed by atoms with van der Waals surface area (Å²) >= 11 is 1.69. The predicted octanol–water partition coefficient (Wildman–Crippen LogP) is 4.65. The first-order valence-corrected chi connectivity index (χ1v) is 7.93. The second-order valence-electron chi connectivity index (χ2n) is 5.59. The van der Waals surface area contributed by atoms with E-state index in [1.54, 1.807) is 11.3 Å². The molecule has 2 unspecified atom stereocenters. The minimum Gasteiger partial charge on any atom is -0.483 e. The van der Waals surface area contributed by atoms with Crippen LogP contribution in [-0.4, -0.2) is 6.04 Å². The van der Waals surface area contributed by atoms with Gasteiger partial charge in [0.2, 0.25) is 0 Å². The Kier molecular flexibility index (Phi) is 4.84. The number of hydrogen-bond donors (Lipinski definition) is 1. The Morgan fingerprint density at radius 1 is 1.15 bits per heavy atom. The molecule has 1 aromatic carbocycles. The molecule has 0 spiro atoms. The lowest BCUT2D eigenvalue weighted by Crippen LogP contribution is -2.28. The van der Waals surface area contributed by atoms with Crippen LogP contribution in [0.2, 0.25) is 0 Å². The summed E-state index contributed by atoms with van der Waals surface area (Å²) in [6.07, 6.45) is -0.0869. The van der Waals surface area contributed by atoms with Crippen LogP contribution in [0.4, 0.5) is 0 Å². The second-order valence-corrected chi connectivity index (χ2v) is 6.57. The van der Waals surface area contributed by atoms with Gasteiger partial charge in [-0.05, 0) is 48.4 Å². The highest BCUT2D eigenvalue weighted by atomic mass is 32.1. The summed E-state index contributed by atoms with van der Waals surface area (Å²) in [6, 6.07) is 10.5. The number of benzene rings is 1. The summed E-state index contributed by atoms with van der Waals surface area (Å²) in [5.41, 5.74) is 8.55. The molecule has 0 fully saturated rings. The molecule has 0 amide bonds. The molecule has 2 nitrogen and oxygen atoms in total. The SMILES string of the molecule is Cc1ccc(C(C)C)cc1OC(c1cccs1)C(C)N. The van der Waals surface area contributed by atoms with E-state index in [4.69, 9.17) is 10.5 Å². The highest BCUT2D eigenvalue weighted by Crippen LogP contribution is 2.31. The van der Waals surface area contributed by atoms with E-state index in [-0.39, 0.29) is 12.1 Å². The molecule has 0 bridgehead atoms. The van der Waals surface area contributed by atoms with Crippen molar-refractivity contribution in [2.75, 3.05) is 0 Å². The Hall–Kier alpha value is -1.32. The molecule has 0 saturated carbocycles. The first kappa shape index (κ1) is 15.1. The lowest BCUT2D eigenvalue weighted by molar-refractivity contribution is 0.182. The molecule has 3 heteroatoms. The van der Waals surface area contributed by atoms with Crippen LogP contribution < -0.4 is 10.5 Å². The molecule has 2 N–H and O–H groups in total. The summed E-state index contributed by atoms with van der Waals surface area (Å²) in [5.74, 6) is 1.43. The Bertz CT molecular complexity index is 546. The zero-order valence-electron chi connectivity index (χ0n) is 12.6. The monoisotopic (exact) mass is 289 g/mol. The highest BCUT2D eigenvalue weighted by molar-refractivity contribution is 7.10. The van der Waals surface area contributed by atoms with E-state index in [9.17, 15) is 0 Å². The Balaban J connectivity index is 2.29. The van der Waals surface area contributed by atoms with Crippen molar-refractivity contribution in [1.82, 2.24) is 0 Å². The fraction of sp³-hybridized carbons (Fsp3) is 0.412. The molecule has 108 valence electrons. The first-order chi connectivity index (χ1) is 9.49. The molecule has 1 aromatic heterocycles. The molecular weight excluding hydrogens is 266 g/mol. The number of ether oxygens (including phenoxy) is 1. The lowest BCUT2D eigenvalue weighted by Gasteiger charge is -2.23. The van der Waals surface area contributed by atoms with E-state index in [0.717, 1.165) is 11.3 Å². The fourth-order valence-corrected chi connectivity index (χ4v) is 2.99. The molecule has 2 atom stereocenters. The molecule has 2 aromatic rings.